The number of carbonyl (C=O) groups excluding carboxylic acids is 1. The molecule has 0 aliphatic carbocycles. The van der Waals surface area contributed by atoms with Crippen LogP contribution in [0.2, 0.25) is 5.02 Å². The number of halogens is 1. The van der Waals surface area contributed by atoms with Gasteiger partial charge < -0.3 is 15.2 Å². The quantitative estimate of drug-likeness (QED) is 0.669. The minimum absolute atomic E-state index is 0.0479. The summed E-state index contributed by atoms with van der Waals surface area (Å²) in [5.41, 5.74) is 1.32. The molecule has 5 heteroatoms. The summed E-state index contributed by atoms with van der Waals surface area (Å²) in [4.78, 5) is 11.8. The Labute approximate surface area is 127 Å². The standard InChI is InChI=1S/C16H14ClNO3/c1-21-13-6-2-11(3-7-13)4-9-16(20)18-15-8-5-12(19)10-14(15)17/h2-10,19H,1H3,(H,18,20). The zero-order chi connectivity index (χ0) is 15.2. The summed E-state index contributed by atoms with van der Waals surface area (Å²) in [5, 5.41) is 12.2. The Hall–Kier alpha value is -2.46. The van der Waals surface area contributed by atoms with Crippen molar-refractivity contribution in [2.24, 2.45) is 0 Å². The van der Waals surface area contributed by atoms with Gasteiger partial charge in [0.05, 0.1) is 17.8 Å². The number of ether oxygens (including phenoxy) is 1. The van der Waals surface area contributed by atoms with E-state index in [9.17, 15) is 9.90 Å². The molecule has 0 heterocycles. The number of aromatic hydroxyl groups is 1. The Balaban J connectivity index is 2.01. The number of amides is 1. The monoisotopic (exact) mass is 303 g/mol. The summed E-state index contributed by atoms with van der Waals surface area (Å²) >= 11 is 5.91. The Morgan fingerprint density at radius 2 is 1.95 bits per heavy atom. The highest BCUT2D eigenvalue weighted by molar-refractivity contribution is 6.34. The fourth-order valence-electron chi connectivity index (χ4n) is 1.67. The summed E-state index contributed by atoms with van der Waals surface area (Å²) in [6, 6.07) is 11.7. The maximum absolute atomic E-state index is 11.8. The molecular formula is C16H14ClNO3. The van der Waals surface area contributed by atoms with Gasteiger partial charge in [-0.2, -0.15) is 0 Å². The Morgan fingerprint density at radius 1 is 1.24 bits per heavy atom. The van der Waals surface area contributed by atoms with Gasteiger partial charge in [0.15, 0.2) is 0 Å². The fourth-order valence-corrected chi connectivity index (χ4v) is 1.89. The lowest BCUT2D eigenvalue weighted by Gasteiger charge is -2.05. The molecule has 2 aromatic rings. The van der Waals surface area contributed by atoms with Gasteiger partial charge in [-0.05, 0) is 35.9 Å². The van der Waals surface area contributed by atoms with Crippen molar-refractivity contribution in [2.75, 3.05) is 12.4 Å². The number of methoxy groups -OCH3 is 1. The molecule has 0 spiro atoms. The van der Waals surface area contributed by atoms with Crippen molar-refractivity contribution in [3.63, 3.8) is 0 Å². The molecule has 2 aromatic carbocycles. The maximum Gasteiger partial charge on any atom is 0.248 e. The van der Waals surface area contributed by atoms with Gasteiger partial charge in [-0.3, -0.25) is 4.79 Å². The van der Waals surface area contributed by atoms with E-state index in [1.807, 2.05) is 24.3 Å². The van der Waals surface area contributed by atoms with Crippen LogP contribution in [0.4, 0.5) is 5.69 Å². The molecule has 0 saturated heterocycles. The van der Waals surface area contributed by atoms with Crippen molar-refractivity contribution in [1.29, 1.82) is 0 Å². The molecule has 0 unspecified atom stereocenters. The van der Waals surface area contributed by atoms with E-state index in [0.29, 0.717) is 5.69 Å². The molecule has 1 amide bonds. The van der Waals surface area contributed by atoms with Crippen LogP contribution in [0.25, 0.3) is 6.08 Å². The molecule has 0 radical (unpaired) electrons. The van der Waals surface area contributed by atoms with Crippen LogP contribution < -0.4 is 10.1 Å². The zero-order valence-electron chi connectivity index (χ0n) is 11.3. The lowest BCUT2D eigenvalue weighted by atomic mass is 10.2. The summed E-state index contributed by atoms with van der Waals surface area (Å²) in [5.74, 6) is 0.498. The molecule has 108 valence electrons. The first-order chi connectivity index (χ1) is 10.1. The number of anilines is 1. The first kappa shape index (κ1) is 14.9. The molecule has 0 saturated carbocycles. The number of phenolic OH excluding ortho intramolecular Hbond substituents is 1. The van der Waals surface area contributed by atoms with Gasteiger partial charge in [0.25, 0.3) is 0 Å². The van der Waals surface area contributed by atoms with E-state index in [4.69, 9.17) is 16.3 Å². The number of phenols is 1. The number of hydrogen-bond donors (Lipinski definition) is 2. The first-order valence-electron chi connectivity index (χ1n) is 6.20. The predicted octanol–water partition coefficient (Wildman–Crippen LogP) is 3.71. The summed E-state index contributed by atoms with van der Waals surface area (Å²) < 4.78 is 5.06. The molecule has 0 bridgehead atoms. The van der Waals surface area contributed by atoms with Crippen molar-refractivity contribution in [2.45, 2.75) is 0 Å². The summed E-state index contributed by atoms with van der Waals surface area (Å²) in [7, 11) is 1.60. The van der Waals surface area contributed by atoms with E-state index < -0.39 is 0 Å². The third kappa shape index (κ3) is 4.26. The van der Waals surface area contributed by atoms with E-state index in [1.54, 1.807) is 13.2 Å². The third-order valence-corrected chi connectivity index (χ3v) is 3.07. The molecule has 0 aliphatic heterocycles. The summed E-state index contributed by atoms with van der Waals surface area (Å²) in [6.07, 6.45) is 3.09. The molecule has 2 rings (SSSR count). The van der Waals surface area contributed by atoms with Gasteiger partial charge in [0.1, 0.15) is 11.5 Å². The minimum Gasteiger partial charge on any atom is -0.508 e. The van der Waals surface area contributed by atoms with Crippen LogP contribution in [0.1, 0.15) is 5.56 Å². The Kier molecular flexibility index (Phi) is 4.85. The number of rotatable bonds is 4. The smallest absolute Gasteiger partial charge is 0.248 e. The van der Waals surface area contributed by atoms with E-state index in [-0.39, 0.29) is 16.7 Å². The maximum atomic E-state index is 11.8. The third-order valence-electron chi connectivity index (χ3n) is 2.75. The van der Waals surface area contributed by atoms with Gasteiger partial charge in [-0.15, -0.1) is 0 Å². The summed E-state index contributed by atoms with van der Waals surface area (Å²) in [6.45, 7) is 0. The van der Waals surface area contributed by atoms with Crippen LogP contribution in [-0.4, -0.2) is 18.1 Å². The topological polar surface area (TPSA) is 58.6 Å². The molecule has 0 fully saturated rings. The van der Waals surface area contributed by atoms with E-state index in [2.05, 4.69) is 5.32 Å². The highest BCUT2D eigenvalue weighted by Crippen LogP contribution is 2.25. The van der Waals surface area contributed by atoms with Gasteiger partial charge in [-0.1, -0.05) is 23.7 Å². The number of nitrogens with one attached hydrogen (secondary N) is 1. The first-order valence-corrected chi connectivity index (χ1v) is 6.58. The average Bonchev–Trinajstić information content (AvgIpc) is 2.48. The number of carbonyl (C=O) groups is 1. The molecule has 0 atom stereocenters. The largest absolute Gasteiger partial charge is 0.508 e. The SMILES string of the molecule is COc1ccc(C=CC(=O)Nc2ccc(O)cc2Cl)cc1. The zero-order valence-corrected chi connectivity index (χ0v) is 12.1. The second-order valence-corrected chi connectivity index (χ2v) is 4.67. The fraction of sp³-hybridized carbons (Fsp3) is 0.0625. The van der Waals surface area contributed by atoms with Crippen molar-refractivity contribution in [1.82, 2.24) is 0 Å². The van der Waals surface area contributed by atoms with Crippen molar-refractivity contribution in [3.05, 3.63) is 59.1 Å². The minimum atomic E-state index is -0.307. The van der Waals surface area contributed by atoms with Gasteiger partial charge >= 0.3 is 0 Å². The molecule has 0 aliphatic rings. The molecule has 0 aromatic heterocycles. The van der Waals surface area contributed by atoms with Crippen LogP contribution in [0.5, 0.6) is 11.5 Å². The number of hydrogen-bond acceptors (Lipinski definition) is 3. The van der Waals surface area contributed by atoms with Crippen LogP contribution >= 0.6 is 11.6 Å². The average molecular weight is 304 g/mol. The lowest BCUT2D eigenvalue weighted by Crippen LogP contribution is -2.07. The van der Waals surface area contributed by atoms with Crippen LogP contribution in [0.15, 0.2) is 48.5 Å². The number of benzene rings is 2. The van der Waals surface area contributed by atoms with Crippen molar-refractivity contribution < 1.29 is 14.6 Å². The second kappa shape index (κ2) is 6.81. The molecule has 4 nitrogen and oxygen atoms in total. The second-order valence-electron chi connectivity index (χ2n) is 4.26. The normalized spacial score (nSPS) is 10.6. The highest BCUT2D eigenvalue weighted by atomic mass is 35.5. The van der Waals surface area contributed by atoms with Gasteiger partial charge in [0, 0.05) is 12.1 Å². The lowest BCUT2D eigenvalue weighted by molar-refractivity contribution is -0.111. The Bertz CT molecular complexity index is 666. The van der Waals surface area contributed by atoms with Crippen LogP contribution in [-0.2, 0) is 4.79 Å². The molecule has 21 heavy (non-hydrogen) atoms. The van der Waals surface area contributed by atoms with Crippen molar-refractivity contribution >= 4 is 29.3 Å². The Morgan fingerprint density at radius 3 is 2.57 bits per heavy atom. The van der Waals surface area contributed by atoms with Crippen molar-refractivity contribution in [3.8, 4) is 11.5 Å². The van der Waals surface area contributed by atoms with Crippen LogP contribution in [0.3, 0.4) is 0 Å². The molecular weight excluding hydrogens is 290 g/mol. The van der Waals surface area contributed by atoms with E-state index in [0.717, 1.165) is 11.3 Å². The van der Waals surface area contributed by atoms with Gasteiger partial charge in [0.2, 0.25) is 5.91 Å². The predicted molar refractivity (Wildman–Crippen MR) is 83.8 cm³/mol. The van der Waals surface area contributed by atoms with Gasteiger partial charge in [-0.25, -0.2) is 0 Å². The van der Waals surface area contributed by atoms with Crippen LogP contribution in [0, 0.1) is 0 Å². The van der Waals surface area contributed by atoms with E-state index in [1.165, 1.54) is 24.3 Å². The molecule has 2 N–H and O–H groups in total. The highest BCUT2D eigenvalue weighted by Gasteiger charge is 2.03. The van der Waals surface area contributed by atoms with E-state index >= 15 is 0 Å².